The molecule has 0 N–H and O–H groups in total. The quantitative estimate of drug-likeness (QED) is 0.835. The minimum Gasteiger partial charge on any atom is -0.493 e. The second kappa shape index (κ2) is 5.97. The maximum atomic E-state index is 12.2. The molecule has 1 heterocycles. The average Bonchev–Trinajstić information content (AvgIpc) is 2.87. The van der Waals surface area contributed by atoms with Crippen LogP contribution in [-0.4, -0.2) is 28.5 Å². The minimum absolute atomic E-state index is 0.0393. The smallest absolute Gasteiger partial charge is 0.387 e. The van der Waals surface area contributed by atoms with E-state index in [0.29, 0.717) is 6.54 Å². The molecule has 104 valence electrons. The van der Waals surface area contributed by atoms with Crippen LogP contribution in [0.1, 0.15) is 11.4 Å². The fourth-order valence-corrected chi connectivity index (χ4v) is 1.61. The van der Waals surface area contributed by atoms with Gasteiger partial charge in [0, 0.05) is 0 Å². The number of methoxy groups -OCH3 is 1. The molecule has 2 rings (SSSR count). The van der Waals surface area contributed by atoms with Gasteiger partial charge in [0.25, 0.3) is 5.82 Å². The molecule has 0 amide bonds. The van der Waals surface area contributed by atoms with E-state index >= 15 is 0 Å². The highest BCUT2D eigenvalue weighted by molar-refractivity contribution is 5.43. The van der Waals surface area contributed by atoms with E-state index in [2.05, 4.69) is 14.8 Å². The Morgan fingerprint density at radius 3 is 2.80 bits per heavy atom. The Hall–Kier alpha value is -2.69. The predicted molar refractivity (Wildman–Crippen MR) is 63.5 cm³/mol. The van der Waals surface area contributed by atoms with Crippen molar-refractivity contribution in [1.29, 1.82) is 5.26 Å². The fourth-order valence-electron chi connectivity index (χ4n) is 1.61. The van der Waals surface area contributed by atoms with Crippen LogP contribution in [0.15, 0.2) is 24.5 Å². The zero-order valence-corrected chi connectivity index (χ0v) is 10.5. The maximum Gasteiger partial charge on any atom is 0.387 e. The van der Waals surface area contributed by atoms with Crippen molar-refractivity contribution in [3.8, 4) is 17.6 Å². The first-order valence-electron chi connectivity index (χ1n) is 5.53. The van der Waals surface area contributed by atoms with E-state index in [0.717, 1.165) is 5.56 Å². The molecule has 0 aliphatic carbocycles. The molecule has 0 fully saturated rings. The molecule has 0 unspecified atom stereocenters. The van der Waals surface area contributed by atoms with Gasteiger partial charge in [-0.15, -0.1) is 5.10 Å². The molecule has 0 saturated heterocycles. The number of halogens is 2. The third-order valence-corrected chi connectivity index (χ3v) is 2.43. The van der Waals surface area contributed by atoms with Crippen LogP contribution in [0.3, 0.4) is 0 Å². The van der Waals surface area contributed by atoms with E-state index in [1.807, 2.05) is 6.07 Å². The summed E-state index contributed by atoms with van der Waals surface area (Å²) in [5.74, 6) is 0.223. The van der Waals surface area contributed by atoms with E-state index in [-0.39, 0.29) is 17.3 Å². The molecular formula is C12H10F2N4O2. The molecule has 1 aromatic heterocycles. The van der Waals surface area contributed by atoms with Gasteiger partial charge in [0.15, 0.2) is 11.5 Å². The third kappa shape index (κ3) is 3.20. The summed E-state index contributed by atoms with van der Waals surface area (Å²) in [6.07, 6.45) is 1.41. The second-order valence-electron chi connectivity index (χ2n) is 3.74. The van der Waals surface area contributed by atoms with Gasteiger partial charge in [-0.25, -0.2) is 9.67 Å². The van der Waals surface area contributed by atoms with Gasteiger partial charge in [0.1, 0.15) is 12.4 Å². The number of ether oxygens (including phenoxy) is 2. The molecule has 0 aliphatic heterocycles. The van der Waals surface area contributed by atoms with Crippen molar-refractivity contribution in [2.24, 2.45) is 0 Å². The van der Waals surface area contributed by atoms with Crippen LogP contribution in [0.2, 0.25) is 0 Å². The normalized spacial score (nSPS) is 10.3. The molecule has 0 aliphatic rings. The van der Waals surface area contributed by atoms with Crippen LogP contribution in [0.25, 0.3) is 0 Å². The lowest BCUT2D eigenvalue weighted by Crippen LogP contribution is -2.05. The molecule has 1 aromatic carbocycles. The topological polar surface area (TPSA) is 73.0 Å². The first-order chi connectivity index (χ1) is 9.62. The molecule has 0 radical (unpaired) electrons. The standard InChI is InChI=1S/C12H10F2N4O2/c1-19-10-4-8(2-3-9(10)20-12(13)14)6-18-7-16-11(5-15)17-18/h2-4,7,12H,6H2,1H3. The summed E-state index contributed by atoms with van der Waals surface area (Å²) in [5.41, 5.74) is 0.748. The number of hydrogen-bond donors (Lipinski definition) is 0. The van der Waals surface area contributed by atoms with E-state index in [4.69, 9.17) is 10.00 Å². The van der Waals surface area contributed by atoms with Gasteiger partial charge in [-0.05, 0) is 17.7 Å². The van der Waals surface area contributed by atoms with Crippen LogP contribution in [-0.2, 0) is 6.54 Å². The Morgan fingerprint density at radius 2 is 2.20 bits per heavy atom. The van der Waals surface area contributed by atoms with Gasteiger partial charge in [0.05, 0.1) is 13.7 Å². The fraction of sp³-hybridized carbons (Fsp3) is 0.250. The summed E-state index contributed by atoms with van der Waals surface area (Å²) in [5, 5.41) is 12.5. The molecule has 20 heavy (non-hydrogen) atoms. The molecule has 0 saturated carbocycles. The highest BCUT2D eigenvalue weighted by atomic mass is 19.3. The lowest BCUT2D eigenvalue weighted by atomic mass is 10.2. The van der Waals surface area contributed by atoms with Crippen LogP contribution in [0.5, 0.6) is 11.5 Å². The van der Waals surface area contributed by atoms with Crippen molar-refractivity contribution < 1.29 is 18.3 Å². The SMILES string of the molecule is COc1cc(Cn2cnc(C#N)n2)ccc1OC(F)F. The van der Waals surface area contributed by atoms with E-state index in [1.54, 1.807) is 12.1 Å². The lowest BCUT2D eigenvalue weighted by molar-refractivity contribution is -0.0512. The number of aromatic nitrogens is 3. The summed E-state index contributed by atoms with van der Waals surface area (Å²) in [6, 6.07) is 6.37. The molecule has 6 nitrogen and oxygen atoms in total. The van der Waals surface area contributed by atoms with Gasteiger partial charge in [-0.1, -0.05) is 6.07 Å². The van der Waals surface area contributed by atoms with Gasteiger partial charge >= 0.3 is 6.61 Å². The molecule has 8 heteroatoms. The van der Waals surface area contributed by atoms with Gasteiger partial charge < -0.3 is 9.47 Å². The summed E-state index contributed by atoms with van der Waals surface area (Å²) in [7, 11) is 1.36. The van der Waals surface area contributed by atoms with Gasteiger partial charge in [-0.2, -0.15) is 14.0 Å². The van der Waals surface area contributed by atoms with E-state index < -0.39 is 6.61 Å². The van der Waals surface area contributed by atoms with Crippen LogP contribution in [0.4, 0.5) is 8.78 Å². The van der Waals surface area contributed by atoms with Crippen molar-refractivity contribution in [2.45, 2.75) is 13.2 Å². The van der Waals surface area contributed by atoms with Crippen molar-refractivity contribution >= 4 is 0 Å². The summed E-state index contributed by atoms with van der Waals surface area (Å²) in [6.45, 7) is -2.58. The molecule has 0 spiro atoms. The van der Waals surface area contributed by atoms with E-state index in [9.17, 15) is 8.78 Å². The molecule has 2 aromatic rings. The van der Waals surface area contributed by atoms with Crippen LogP contribution in [0, 0.1) is 11.3 Å². The van der Waals surface area contributed by atoms with E-state index in [1.165, 1.54) is 24.2 Å². The third-order valence-electron chi connectivity index (χ3n) is 2.43. The Balaban J connectivity index is 2.19. The van der Waals surface area contributed by atoms with Gasteiger partial charge in [0.2, 0.25) is 0 Å². The highest BCUT2D eigenvalue weighted by Gasteiger charge is 2.11. The first-order valence-corrected chi connectivity index (χ1v) is 5.53. The average molecular weight is 280 g/mol. The van der Waals surface area contributed by atoms with Crippen molar-refractivity contribution in [3.05, 3.63) is 35.9 Å². The highest BCUT2D eigenvalue weighted by Crippen LogP contribution is 2.29. The zero-order valence-electron chi connectivity index (χ0n) is 10.5. The van der Waals surface area contributed by atoms with Crippen LogP contribution < -0.4 is 9.47 Å². The van der Waals surface area contributed by atoms with Crippen molar-refractivity contribution in [3.63, 3.8) is 0 Å². The Labute approximate surface area is 113 Å². The first kappa shape index (κ1) is 13.7. The number of hydrogen-bond acceptors (Lipinski definition) is 5. The van der Waals surface area contributed by atoms with Gasteiger partial charge in [-0.3, -0.25) is 0 Å². The Morgan fingerprint density at radius 1 is 1.40 bits per heavy atom. The predicted octanol–water partition coefficient (Wildman–Crippen LogP) is 1.81. The van der Waals surface area contributed by atoms with Crippen molar-refractivity contribution in [2.75, 3.05) is 7.11 Å². The Bertz CT molecular complexity index is 637. The van der Waals surface area contributed by atoms with Crippen LogP contribution >= 0.6 is 0 Å². The number of benzene rings is 1. The summed E-state index contributed by atoms with van der Waals surface area (Å²) >= 11 is 0. The van der Waals surface area contributed by atoms with Crippen molar-refractivity contribution in [1.82, 2.24) is 14.8 Å². The molecular weight excluding hydrogens is 270 g/mol. The number of rotatable bonds is 5. The minimum atomic E-state index is -2.91. The molecule has 0 atom stereocenters. The summed E-state index contributed by atoms with van der Waals surface area (Å²) < 4.78 is 35.2. The monoisotopic (exact) mass is 280 g/mol. The number of nitrogens with zero attached hydrogens (tertiary/aromatic N) is 4. The molecule has 0 bridgehead atoms. The second-order valence-corrected chi connectivity index (χ2v) is 3.74. The number of nitriles is 1. The maximum absolute atomic E-state index is 12.2. The largest absolute Gasteiger partial charge is 0.493 e. The lowest BCUT2D eigenvalue weighted by Gasteiger charge is -2.11. The number of alkyl halides is 2. The summed E-state index contributed by atoms with van der Waals surface area (Å²) in [4.78, 5) is 3.77. The Kier molecular flexibility index (Phi) is 4.10. The zero-order chi connectivity index (χ0) is 14.5.